The van der Waals surface area contributed by atoms with Gasteiger partial charge in [-0.15, -0.1) is 11.8 Å². The van der Waals surface area contributed by atoms with Gasteiger partial charge in [-0.25, -0.2) is 4.98 Å². The number of hydrogen-bond donors (Lipinski definition) is 1. The van der Waals surface area contributed by atoms with E-state index in [-0.39, 0.29) is 0 Å². The van der Waals surface area contributed by atoms with E-state index in [0.717, 1.165) is 16.0 Å². The molecule has 0 saturated heterocycles. The molecule has 4 heteroatoms. The van der Waals surface area contributed by atoms with Crippen molar-refractivity contribution in [3.05, 3.63) is 58.7 Å². The van der Waals surface area contributed by atoms with Crippen LogP contribution in [-0.2, 0) is 0 Å². The summed E-state index contributed by atoms with van der Waals surface area (Å²) < 4.78 is 1.06. The Kier molecular flexibility index (Phi) is 6.07. The summed E-state index contributed by atoms with van der Waals surface area (Å²) in [5, 5.41) is 5.01. The highest BCUT2D eigenvalue weighted by molar-refractivity contribution is 9.10. The predicted molar refractivity (Wildman–Crippen MR) is 90.1 cm³/mol. The summed E-state index contributed by atoms with van der Waals surface area (Å²) in [6, 6.07) is 14.9. The molecule has 2 aromatic rings. The van der Waals surface area contributed by atoms with Crippen LogP contribution < -0.4 is 5.32 Å². The molecule has 0 aliphatic carbocycles. The molecule has 1 N–H and O–H groups in total. The Labute approximate surface area is 133 Å². The van der Waals surface area contributed by atoms with Crippen LogP contribution in [-0.4, -0.2) is 16.8 Å². The number of nitrogens with one attached hydrogen (secondary N) is 1. The molecule has 1 heterocycles. The second kappa shape index (κ2) is 7.81. The molecular formula is C16H19BrN2S. The van der Waals surface area contributed by atoms with E-state index in [0.29, 0.717) is 11.3 Å². The first-order valence-corrected chi connectivity index (χ1v) is 8.45. The first kappa shape index (κ1) is 15.5. The summed E-state index contributed by atoms with van der Waals surface area (Å²) in [6.45, 7) is 5.34. The van der Waals surface area contributed by atoms with Gasteiger partial charge in [-0.1, -0.05) is 44.2 Å². The maximum atomic E-state index is 4.44. The fourth-order valence-corrected chi connectivity index (χ4v) is 3.72. The lowest BCUT2D eigenvalue weighted by molar-refractivity contribution is 0.547. The van der Waals surface area contributed by atoms with Gasteiger partial charge < -0.3 is 5.32 Å². The van der Waals surface area contributed by atoms with Gasteiger partial charge >= 0.3 is 0 Å². The van der Waals surface area contributed by atoms with Crippen LogP contribution in [0.1, 0.15) is 25.5 Å². The molecule has 2 atom stereocenters. The fourth-order valence-electron chi connectivity index (χ4n) is 2.14. The first-order valence-electron chi connectivity index (χ1n) is 6.78. The Morgan fingerprint density at radius 3 is 2.60 bits per heavy atom. The van der Waals surface area contributed by atoms with E-state index in [9.17, 15) is 0 Å². The SMILES string of the molecule is CCNC(c1ccccc1)C(C)Sc1ncccc1Br. The van der Waals surface area contributed by atoms with E-state index in [1.54, 1.807) is 11.8 Å². The van der Waals surface area contributed by atoms with E-state index in [1.807, 2.05) is 18.3 Å². The largest absolute Gasteiger partial charge is 0.309 e. The molecular weight excluding hydrogens is 332 g/mol. The zero-order valence-corrected chi connectivity index (χ0v) is 14.1. The lowest BCUT2D eigenvalue weighted by Crippen LogP contribution is -2.28. The van der Waals surface area contributed by atoms with Crippen LogP contribution in [0, 0.1) is 0 Å². The van der Waals surface area contributed by atoms with E-state index < -0.39 is 0 Å². The van der Waals surface area contributed by atoms with Crippen molar-refractivity contribution in [3.63, 3.8) is 0 Å². The summed E-state index contributed by atoms with van der Waals surface area (Å²) in [4.78, 5) is 4.44. The standard InChI is InChI=1S/C16H19BrN2S/c1-3-18-15(13-8-5-4-6-9-13)12(2)20-16-14(17)10-7-11-19-16/h4-12,15,18H,3H2,1-2H3. The molecule has 0 bridgehead atoms. The van der Waals surface area contributed by atoms with Gasteiger partial charge in [0.05, 0.1) is 0 Å². The number of nitrogens with zero attached hydrogens (tertiary/aromatic N) is 1. The Morgan fingerprint density at radius 1 is 1.20 bits per heavy atom. The summed E-state index contributed by atoms with van der Waals surface area (Å²) >= 11 is 5.36. The third kappa shape index (κ3) is 4.08. The average Bonchev–Trinajstić information content (AvgIpc) is 2.48. The third-order valence-electron chi connectivity index (χ3n) is 3.07. The zero-order valence-electron chi connectivity index (χ0n) is 11.7. The van der Waals surface area contributed by atoms with Crippen molar-refractivity contribution in [1.29, 1.82) is 0 Å². The second-order valence-corrected chi connectivity index (χ2v) is 6.78. The van der Waals surface area contributed by atoms with Crippen molar-refractivity contribution in [1.82, 2.24) is 10.3 Å². The van der Waals surface area contributed by atoms with E-state index in [2.05, 4.69) is 70.4 Å². The predicted octanol–water partition coefficient (Wildman–Crippen LogP) is 4.68. The minimum absolute atomic E-state index is 0.320. The van der Waals surface area contributed by atoms with Gasteiger partial charge in [0.25, 0.3) is 0 Å². The number of rotatable bonds is 6. The van der Waals surface area contributed by atoms with Gasteiger partial charge in [-0.2, -0.15) is 0 Å². The normalized spacial score (nSPS) is 13.9. The molecule has 0 aliphatic heterocycles. The number of pyridine rings is 1. The van der Waals surface area contributed by atoms with Crippen LogP contribution in [0.3, 0.4) is 0 Å². The number of halogens is 1. The van der Waals surface area contributed by atoms with Gasteiger partial charge in [0, 0.05) is 22.0 Å². The van der Waals surface area contributed by atoms with Crippen LogP contribution in [0.25, 0.3) is 0 Å². The highest BCUT2D eigenvalue weighted by atomic mass is 79.9. The highest BCUT2D eigenvalue weighted by Gasteiger charge is 2.20. The fraction of sp³-hybridized carbons (Fsp3) is 0.312. The number of aromatic nitrogens is 1. The summed E-state index contributed by atoms with van der Waals surface area (Å²) in [5.74, 6) is 0. The van der Waals surface area contributed by atoms with Gasteiger partial charge in [-0.05, 0) is 40.2 Å². The van der Waals surface area contributed by atoms with Gasteiger partial charge in [0.2, 0.25) is 0 Å². The quantitative estimate of drug-likeness (QED) is 0.765. The minimum Gasteiger partial charge on any atom is -0.309 e. The smallest absolute Gasteiger partial charge is 0.110 e. The number of hydrogen-bond acceptors (Lipinski definition) is 3. The average molecular weight is 351 g/mol. The zero-order chi connectivity index (χ0) is 14.4. The van der Waals surface area contributed by atoms with Crippen LogP contribution >= 0.6 is 27.7 Å². The molecule has 1 aromatic carbocycles. The van der Waals surface area contributed by atoms with E-state index in [1.165, 1.54) is 5.56 Å². The Hall–Kier alpha value is -0.840. The third-order valence-corrected chi connectivity index (χ3v) is 5.17. The molecule has 0 amide bonds. The molecule has 0 radical (unpaired) electrons. The van der Waals surface area contributed by atoms with Crippen LogP contribution in [0.15, 0.2) is 58.2 Å². The summed E-state index contributed by atoms with van der Waals surface area (Å²) in [7, 11) is 0. The maximum Gasteiger partial charge on any atom is 0.110 e. The van der Waals surface area contributed by atoms with Crippen molar-refractivity contribution in [3.8, 4) is 0 Å². The second-order valence-electron chi connectivity index (χ2n) is 4.56. The van der Waals surface area contributed by atoms with Gasteiger partial charge in [0.15, 0.2) is 0 Å². The van der Waals surface area contributed by atoms with Crippen LogP contribution in [0.2, 0.25) is 0 Å². The molecule has 1 aromatic heterocycles. The summed E-state index contributed by atoms with van der Waals surface area (Å²) in [6.07, 6.45) is 1.84. The van der Waals surface area contributed by atoms with Crippen molar-refractivity contribution < 1.29 is 0 Å². The molecule has 106 valence electrons. The molecule has 0 saturated carbocycles. The minimum atomic E-state index is 0.320. The number of benzene rings is 1. The lowest BCUT2D eigenvalue weighted by Gasteiger charge is -2.25. The molecule has 0 aliphatic rings. The van der Waals surface area contributed by atoms with Crippen molar-refractivity contribution in [2.45, 2.75) is 30.2 Å². The van der Waals surface area contributed by atoms with Crippen molar-refractivity contribution in [2.75, 3.05) is 6.54 Å². The van der Waals surface area contributed by atoms with Gasteiger partial charge in [-0.3, -0.25) is 0 Å². The lowest BCUT2D eigenvalue weighted by atomic mass is 10.0. The van der Waals surface area contributed by atoms with Crippen LogP contribution in [0.4, 0.5) is 0 Å². The Bertz CT molecular complexity index is 533. The molecule has 20 heavy (non-hydrogen) atoms. The van der Waals surface area contributed by atoms with Crippen molar-refractivity contribution in [2.24, 2.45) is 0 Å². The van der Waals surface area contributed by atoms with Gasteiger partial charge in [0.1, 0.15) is 5.03 Å². The maximum absolute atomic E-state index is 4.44. The molecule has 0 fully saturated rings. The molecule has 2 unspecified atom stereocenters. The van der Waals surface area contributed by atoms with Crippen LogP contribution in [0.5, 0.6) is 0 Å². The van der Waals surface area contributed by atoms with E-state index >= 15 is 0 Å². The topological polar surface area (TPSA) is 24.9 Å². The molecule has 2 rings (SSSR count). The molecule has 0 spiro atoms. The first-order chi connectivity index (χ1) is 9.72. The Morgan fingerprint density at radius 2 is 1.95 bits per heavy atom. The van der Waals surface area contributed by atoms with Crippen molar-refractivity contribution >= 4 is 27.7 Å². The molecule has 2 nitrogen and oxygen atoms in total. The Balaban J connectivity index is 2.16. The number of thioether (sulfide) groups is 1. The van der Waals surface area contributed by atoms with E-state index in [4.69, 9.17) is 0 Å². The highest BCUT2D eigenvalue weighted by Crippen LogP contribution is 2.34. The monoisotopic (exact) mass is 350 g/mol. The summed E-state index contributed by atoms with van der Waals surface area (Å²) in [5.41, 5.74) is 1.32.